The summed E-state index contributed by atoms with van der Waals surface area (Å²) in [5.41, 5.74) is 1.06. The zero-order chi connectivity index (χ0) is 13.5. The lowest BCUT2D eigenvalue weighted by Gasteiger charge is -2.39. The van der Waals surface area contributed by atoms with Gasteiger partial charge in [0, 0.05) is 12.3 Å². The fraction of sp³-hybridized carbons (Fsp3) is 0.857. The molecule has 2 nitrogen and oxygen atoms in total. The number of rotatable bonds is 5. The van der Waals surface area contributed by atoms with Crippen molar-refractivity contribution in [1.82, 2.24) is 0 Å². The van der Waals surface area contributed by atoms with Crippen LogP contribution in [0.25, 0.3) is 0 Å². The summed E-state index contributed by atoms with van der Waals surface area (Å²) in [6, 6.07) is 0. The molecule has 0 N–H and O–H groups in total. The average molecular weight is 256 g/mol. The van der Waals surface area contributed by atoms with E-state index in [-0.39, 0.29) is 10.8 Å². The molecule has 1 rings (SSSR count). The minimum absolute atomic E-state index is 0.231. The first kappa shape index (κ1) is 14.9. The van der Waals surface area contributed by atoms with Gasteiger partial charge in [0.15, 0.2) is 14.1 Å². The predicted molar refractivity (Wildman–Crippen MR) is 75.6 cm³/mol. The first-order valence-electron chi connectivity index (χ1n) is 6.49. The van der Waals surface area contributed by atoms with Crippen LogP contribution in [0.4, 0.5) is 0 Å². The molecule has 0 unspecified atom stereocenters. The highest BCUT2D eigenvalue weighted by Crippen LogP contribution is 2.52. The monoisotopic (exact) mass is 256 g/mol. The maximum absolute atomic E-state index is 6.44. The smallest absolute Gasteiger partial charge is 0.195 e. The van der Waals surface area contributed by atoms with E-state index in [1.165, 1.54) is 0 Å². The van der Waals surface area contributed by atoms with E-state index in [0.717, 1.165) is 12.0 Å². The summed E-state index contributed by atoms with van der Waals surface area (Å²) in [4.78, 5) is 0. The van der Waals surface area contributed by atoms with Crippen molar-refractivity contribution in [3.05, 3.63) is 12.2 Å². The molecule has 0 bridgehead atoms. The van der Waals surface area contributed by atoms with Crippen LogP contribution in [0.5, 0.6) is 0 Å². The third-order valence-electron chi connectivity index (χ3n) is 3.98. The van der Waals surface area contributed by atoms with E-state index in [0.29, 0.717) is 12.5 Å². The molecule has 1 aliphatic carbocycles. The molecule has 17 heavy (non-hydrogen) atoms. The second kappa shape index (κ2) is 4.52. The van der Waals surface area contributed by atoms with Gasteiger partial charge in [-0.3, -0.25) is 0 Å². The molecule has 0 aliphatic heterocycles. The quantitative estimate of drug-likeness (QED) is 0.414. The highest BCUT2D eigenvalue weighted by Gasteiger charge is 2.58. The molecule has 1 fully saturated rings. The molecule has 3 heteroatoms. The van der Waals surface area contributed by atoms with Gasteiger partial charge in [-0.15, -0.1) is 0 Å². The highest BCUT2D eigenvalue weighted by molar-refractivity contribution is 6.74. The lowest BCUT2D eigenvalue weighted by molar-refractivity contribution is -0.116. The molecule has 0 aromatic heterocycles. The predicted octanol–water partition coefficient (Wildman–Crippen LogP) is 4.34. The van der Waals surface area contributed by atoms with Gasteiger partial charge in [-0.2, -0.15) is 0 Å². The fourth-order valence-electron chi connectivity index (χ4n) is 1.57. The standard InChI is InChI=1S/C14H28O2Si/c1-11(2)10-15-14(9-12(14)3)16-17(7,8)13(4,5)6/h12H,1,9-10H2,2-8H3/t12-,14-/m1/s1. The number of hydrogen-bond donors (Lipinski definition) is 0. The zero-order valence-electron chi connectivity index (χ0n) is 12.5. The Hall–Kier alpha value is -0.123. The van der Waals surface area contributed by atoms with E-state index in [9.17, 15) is 0 Å². The molecule has 0 amide bonds. The second-order valence-corrected chi connectivity index (χ2v) is 11.7. The largest absolute Gasteiger partial charge is 0.390 e. The van der Waals surface area contributed by atoms with Gasteiger partial charge in [0.2, 0.25) is 0 Å². The van der Waals surface area contributed by atoms with E-state index in [1.807, 2.05) is 6.92 Å². The van der Waals surface area contributed by atoms with E-state index in [2.05, 4.69) is 47.4 Å². The lowest BCUT2D eigenvalue weighted by atomic mass is 10.2. The first-order chi connectivity index (χ1) is 7.50. The summed E-state index contributed by atoms with van der Waals surface area (Å²) in [6.07, 6.45) is 1.02. The van der Waals surface area contributed by atoms with Crippen molar-refractivity contribution >= 4 is 8.32 Å². The van der Waals surface area contributed by atoms with Gasteiger partial charge in [-0.05, 0) is 25.1 Å². The third-order valence-corrected chi connectivity index (χ3v) is 8.45. The van der Waals surface area contributed by atoms with Crippen molar-refractivity contribution < 1.29 is 9.16 Å². The SMILES string of the molecule is C=C(C)CO[C@@]1(O[Si](C)(C)C(C)(C)C)C[C@H]1C. The van der Waals surface area contributed by atoms with Crippen LogP contribution in [0, 0.1) is 5.92 Å². The van der Waals surface area contributed by atoms with Crippen molar-refractivity contribution in [2.45, 2.75) is 65.0 Å². The van der Waals surface area contributed by atoms with Gasteiger partial charge >= 0.3 is 0 Å². The molecule has 0 aromatic carbocycles. The minimum atomic E-state index is -1.75. The Kier molecular flexibility index (Phi) is 3.97. The minimum Gasteiger partial charge on any atom is -0.390 e. The van der Waals surface area contributed by atoms with Crippen molar-refractivity contribution in [2.24, 2.45) is 5.92 Å². The number of hydrogen-bond acceptors (Lipinski definition) is 2. The van der Waals surface area contributed by atoms with Crippen LogP contribution in [0.3, 0.4) is 0 Å². The van der Waals surface area contributed by atoms with Gasteiger partial charge < -0.3 is 9.16 Å². The molecule has 0 spiro atoms. The molecule has 1 aliphatic rings. The van der Waals surface area contributed by atoms with Crippen LogP contribution in [0.15, 0.2) is 12.2 Å². The van der Waals surface area contributed by atoms with Crippen molar-refractivity contribution in [1.29, 1.82) is 0 Å². The van der Waals surface area contributed by atoms with E-state index >= 15 is 0 Å². The second-order valence-electron chi connectivity index (χ2n) is 7.03. The molecule has 0 radical (unpaired) electrons. The van der Waals surface area contributed by atoms with E-state index in [1.54, 1.807) is 0 Å². The third kappa shape index (κ3) is 3.43. The van der Waals surface area contributed by atoms with Gasteiger partial charge in [0.1, 0.15) is 0 Å². The molecule has 0 heterocycles. The topological polar surface area (TPSA) is 18.5 Å². The first-order valence-corrected chi connectivity index (χ1v) is 9.39. The molecule has 0 saturated heterocycles. The fourth-order valence-corrected chi connectivity index (χ4v) is 3.08. The van der Waals surface area contributed by atoms with Gasteiger partial charge in [0.25, 0.3) is 0 Å². The van der Waals surface area contributed by atoms with Gasteiger partial charge in [-0.25, -0.2) is 0 Å². The van der Waals surface area contributed by atoms with Crippen LogP contribution < -0.4 is 0 Å². The average Bonchev–Trinajstić information content (AvgIpc) is 2.71. The van der Waals surface area contributed by atoms with E-state index < -0.39 is 8.32 Å². The normalized spacial score (nSPS) is 29.2. The molecule has 2 atom stereocenters. The van der Waals surface area contributed by atoms with Crippen LogP contribution in [-0.2, 0) is 9.16 Å². The molecular formula is C14H28O2Si. The van der Waals surface area contributed by atoms with Crippen LogP contribution in [-0.4, -0.2) is 20.7 Å². The zero-order valence-corrected chi connectivity index (χ0v) is 13.5. The van der Waals surface area contributed by atoms with Crippen molar-refractivity contribution in [3.8, 4) is 0 Å². The molecule has 0 aromatic rings. The Morgan fingerprint density at radius 2 is 1.88 bits per heavy atom. The van der Waals surface area contributed by atoms with Crippen molar-refractivity contribution in [3.63, 3.8) is 0 Å². The summed E-state index contributed by atoms with van der Waals surface area (Å²) >= 11 is 0. The summed E-state index contributed by atoms with van der Waals surface area (Å²) in [5, 5.41) is 0.231. The Balaban J connectivity index is 2.68. The summed E-state index contributed by atoms with van der Waals surface area (Å²) in [5.74, 6) is 0.193. The Labute approximate surface area is 108 Å². The van der Waals surface area contributed by atoms with Crippen LogP contribution >= 0.6 is 0 Å². The summed E-state index contributed by atoms with van der Waals surface area (Å²) in [7, 11) is -1.75. The van der Waals surface area contributed by atoms with Crippen molar-refractivity contribution in [2.75, 3.05) is 6.61 Å². The Bertz CT molecular complexity index is 304. The van der Waals surface area contributed by atoms with Gasteiger partial charge in [0.05, 0.1) is 6.61 Å². The van der Waals surface area contributed by atoms with Crippen LogP contribution in [0.1, 0.15) is 41.0 Å². The maximum Gasteiger partial charge on any atom is 0.195 e. The summed E-state index contributed by atoms with van der Waals surface area (Å²) < 4.78 is 12.4. The van der Waals surface area contributed by atoms with Crippen LogP contribution in [0.2, 0.25) is 18.1 Å². The van der Waals surface area contributed by atoms with E-state index in [4.69, 9.17) is 9.16 Å². The van der Waals surface area contributed by atoms with Gasteiger partial charge in [-0.1, -0.05) is 39.8 Å². The lowest BCUT2D eigenvalue weighted by Crippen LogP contribution is -2.46. The molecular weight excluding hydrogens is 228 g/mol. The Morgan fingerprint density at radius 3 is 2.18 bits per heavy atom. The molecule has 100 valence electrons. The summed E-state index contributed by atoms with van der Waals surface area (Å²) in [6.45, 7) is 20.0. The number of ether oxygens (including phenoxy) is 1. The highest BCUT2D eigenvalue weighted by atomic mass is 28.4. The Morgan fingerprint density at radius 1 is 1.41 bits per heavy atom. The molecule has 1 saturated carbocycles. The maximum atomic E-state index is 6.44.